The van der Waals surface area contributed by atoms with Crippen LogP contribution in [0, 0.1) is 11.6 Å². The van der Waals surface area contributed by atoms with E-state index in [9.17, 15) is 23.6 Å². The highest BCUT2D eigenvalue weighted by molar-refractivity contribution is 6.16. The summed E-state index contributed by atoms with van der Waals surface area (Å²) in [5, 5.41) is 0. The first kappa shape index (κ1) is 19.3. The van der Waals surface area contributed by atoms with E-state index in [4.69, 9.17) is 4.74 Å². The molecule has 0 saturated carbocycles. The number of cyclic esters (lactones) is 4. The Hall–Kier alpha value is -4.40. The van der Waals surface area contributed by atoms with Gasteiger partial charge in [0.2, 0.25) is 0 Å². The lowest BCUT2D eigenvalue weighted by Gasteiger charge is -2.38. The van der Waals surface area contributed by atoms with Crippen LogP contribution in [0.1, 0.15) is 65.0 Å². The van der Waals surface area contributed by atoms with E-state index in [2.05, 4.69) is 9.47 Å². The molecule has 0 N–H and O–H groups in total. The highest BCUT2D eigenvalue weighted by atomic mass is 19.1. The average Bonchev–Trinajstić information content (AvgIpc) is 3.20. The van der Waals surface area contributed by atoms with Gasteiger partial charge in [0, 0.05) is 22.8 Å². The van der Waals surface area contributed by atoms with Crippen molar-refractivity contribution < 1.29 is 42.2 Å². The van der Waals surface area contributed by atoms with E-state index in [1.807, 2.05) is 0 Å². The van der Waals surface area contributed by atoms with Crippen molar-refractivity contribution in [3.63, 3.8) is 0 Å². The Morgan fingerprint density at radius 1 is 0.606 bits per heavy atom. The standard InChI is InChI=1S/C24H10F2O7/c1-24(14-3-2-9(25)4-17(14)26)15-5-10-12(22(29)32-20(10)27)7-18(15)31-19-8-13-11(6-16(19)24)21(28)33-23(13)30/h2-8H,1H3. The Balaban J connectivity index is 1.71. The third-order valence-corrected chi connectivity index (χ3v) is 6.26. The first-order valence-electron chi connectivity index (χ1n) is 9.72. The maximum absolute atomic E-state index is 15.1. The van der Waals surface area contributed by atoms with Crippen LogP contribution >= 0.6 is 0 Å². The van der Waals surface area contributed by atoms with Crippen molar-refractivity contribution in [2.24, 2.45) is 0 Å². The number of rotatable bonds is 1. The van der Waals surface area contributed by atoms with Crippen molar-refractivity contribution in [1.29, 1.82) is 0 Å². The summed E-state index contributed by atoms with van der Waals surface area (Å²) >= 11 is 0. The fourth-order valence-electron chi connectivity index (χ4n) is 4.62. The second-order valence-corrected chi connectivity index (χ2v) is 7.99. The lowest BCUT2D eigenvalue weighted by Crippen LogP contribution is -2.31. The smallest absolute Gasteiger partial charge is 0.347 e. The third-order valence-electron chi connectivity index (χ3n) is 6.26. The topological polar surface area (TPSA) is 96.0 Å². The predicted octanol–water partition coefficient (Wildman–Crippen LogP) is 4.05. The lowest BCUT2D eigenvalue weighted by molar-refractivity contribution is 0.0425. The molecule has 3 aromatic rings. The van der Waals surface area contributed by atoms with E-state index in [0.717, 1.165) is 6.07 Å². The Morgan fingerprint density at radius 3 is 1.52 bits per heavy atom. The molecule has 0 aromatic heterocycles. The molecule has 0 atom stereocenters. The van der Waals surface area contributed by atoms with Crippen LogP contribution in [0.2, 0.25) is 0 Å². The van der Waals surface area contributed by atoms with Gasteiger partial charge in [-0.25, -0.2) is 28.0 Å². The molecule has 0 amide bonds. The average molecular weight is 448 g/mol. The molecule has 3 heterocycles. The number of carbonyl (C=O) groups is 4. The van der Waals surface area contributed by atoms with Gasteiger partial charge in [0.1, 0.15) is 23.1 Å². The minimum Gasteiger partial charge on any atom is -0.457 e. The minimum absolute atomic E-state index is 0.0185. The first-order chi connectivity index (χ1) is 15.7. The summed E-state index contributed by atoms with van der Waals surface area (Å²) in [6, 6.07) is 8.37. The number of ether oxygens (including phenoxy) is 3. The number of hydrogen-bond acceptors (Lipinski definition) is 7. The van der Waals surface area contributed by atoms with E-state index >= 15 is 4.39 Å². The second kappa shape index (κ2) is 6.10. The highest BCUT2D eigenvalue weighted by Crippen LogP contribution is 2.54. The van der Waals surface area contributed by atoms with Gasteiger partial charge in [-0.1, -0.05) is 6.07 Å². The predicted molar refractivity (Wildman–Crippen MR) is 104 cm³/mol. The van der Waals surface area contributed by atoms with Crippen LogP contribution in [0.4, 0.5) is 8.78 Å². The molecule has 0 spiro atoms. The fraction of sp³-hybridized carbons (Fsp3) is 0.0833. The first-order valence-corrected chi connectivity index (χ1v) is 9.72. The van der Waals surface area contributed by atoms with E-state index in [-0.39, 0.29) is 50.4 Å². The summed E-state index contributed by atoms with van der Waals surface area (Å²) in [4.78, 5) is 48.5. The number of carbonyl (C=O) groups excluding carboxylic acids is 4. The maximum Gasteiger partial charge on any atom is 0.347 e. The van der Waals surface area contributed by atoms with Crippen molar-refractivity contribution in [2.45, 2.75) is 12.3 Å². The molecule has 9 heteroatoms. The molecule has 3 aliphatic rings. The van der Waals surface area contributed by atoms with Crippen LogP contribution in [-0.4, -0.2) is 23.9 Å². The lowest BCUT2D eigenvalue weighted by atomic mass is 9.68. The van der Waals surface area contributed by atoms with Crippen molar-refractivity contribution in [1.82, 2.24) is 0 Å². The Morgan fingerprint density at radius 2 is 1.06 bits per heavy atom. The second-order valence-electron chi connectivity index (χ2n) is 7.99. The van der Waals surface area contributed by atoms with Crippen LogP contribution in [0.3, 0.4) is 0 Å². The van der Waals surface area contributed by atoms with Crippen LogP contribution in [0.15, 0.2) is 42.5 Å². The molecule has 6 rings (SSSR count). The zero-order chi connectivity index (χ0) is 23.2. The molecular formula is C24H10F2O7. The quantitative estimate of drug-likeness (QED) is 0.409. The molecule has 0 unspecified atom stereocenters. The Labute approximate surface area is 183 Å². The van der Waals surface area contributed by atoms with Gasteiger partial charge in [-0.2, -0.15) is 0 Å². The molecule has 3 aliphatic heterocycles. The van der Waals surface area contributed by atoms with Crippen molar-refractivity contribution in [3.05, 3.63) is 93.0 Å². The van der Waals surface area contributed by atoms with E-state index < -0.39 is 40.9 Å². The number of esters is 4. The van der Waals surface area contributed by atoms with Gasteiger partial charge in [0.25, 0.3) is 0 Å². The molecule has 0 fully saturated rings. The summed E-state index contributed by atoms with van der Waals surface area (Å²) < 4.78 is 44.1. The van der Waals surface area contributed by atoms with Crippen molar-refractivity contribution in [2.75, 3.05) is 0 Å². The summed E-state index contributed by atoms with van der Waals surface area (Å²) in [5.41, 5.74) is -0.954. The van der Waals surface area contributed by atoms with Gasteiger partial charge in [-0.3, -0.25) is 0 Å². The van der Waals surface area contributed by atoms with Crippen LogP contribution in [0.25, 0.3) is 0 Å². The monoisotopic (exact) mass is 448 g/mol. The number of halogens is 2. The van der Waals surface area contributed by atoms with Crippen LogP contribution < -0.4 is 4.74 Å². The summed E-state index contributed by atoms with van der Waals surface area (Å²) in [6.07, 6.45) is 0. The molecular weight excluding hydrogens is 438 g/mol. The summed E-state index contributed by atoms with van der Waals surface area (Å²) in [7, 11) is 0. The highest BCUT2D eigenvalue weighted by Gasteiger charge is 2.46. The van der Waals surface area contributed by atoms with E-state index in [1.54, 1.807) is 6.92 Å². The van der Waals surface area contributed by atoms with Gasteiger partial charge < -0.3 is 14.2 Å². The van der Waals surface area contributed by atoms with E-state index in [0.29, 0.717) is 6.07 Å². The van der Waals surface area contributed by atoms with Gasteiger partial charge in [-0.15, -0.1) is 0 Å². The molecule has 33 heavy (non-hydrogen) atoms. The molecule has 0 bridgehead atoms. The molecule has 7 nitrogen and oxygen atoms in total. The minimum atomic E-state index is -1.41. The molecule has 162 valence electrons. The van der Waals surface area contributed by atoms with Crippen LogP contribution in [0.5, 0.6) is 11.5 Å². The number of fused-ring (bicyclic) bond motifs is 4. The fourth-order valence-corrected chi connectivity index (χ4v) is 4.62. The van der Waals surface area contributed by atoms with Crippen LogP contribution in [-0.2, 0) is 14.9 Å². The summed E-state index contributed by atoms with van der Waals surface area (Å²) in [6.45, 7) is 1.60. The molecule has 0 aliphatic carbocycles. The Bertz CT molecular complexity index is 1420. The molecule has 3 aromatic carbocycles. The van der Waals surface area contributed by atoms with Crippen molar-refractivity contribution in [3.8, 4) is 11.5 Å². The Kier molecular flexibility index (Phi) is 3.56. The SMILES string of the molecule is CC1(c2ccc(F)cc2F)c2cc3c(cc2Oc2cc4c(cc21)C(=O)OC4=O)C(=O)OC3=O. The van der Waals surface area contributed by atoms with Gasteiger partial charge in [0.15, 0.2) is 0 Å². The van der Waals surface area contributed by atoms with E-state index in [1.165, 1.54) is 30.3 Å². The van der Waals surface area contributed by atoms with Gasteiger partial charge in [0.05, 0.1) is 27.7 Å². The maximum atomic E-state index is 15.1. The molecule has 0 radical (unpaired) electrons. The third kappa shape index (κ3) is 2.41. The normalized spacial score (nSPS) is 16.9. The van der Waals surface area contributed by atoms with Gasteiger partial charge >= 0.3 is 23.9 Å². The van der Waals surface area contributed by atoms with Crippen molar-refractivity contribution >= 4 is 23.9 Å². The zero-order valence-electron chi connectivity index (χ0n) is 16.7. The summed E-state index contributed by atoms with van der Waals surface area (Å²) in [5.74, 6) is -4.90. The largest absolute Gasteiger partial charge is 0.457 e. The van der Waals surface area contributed by atoms with Gasteiger partial charge in [-0.05, 0) is 37.3 Å². The zero-order valence-corrected chi connectivity index (χ0v) is 16.7. The molecule has 0 saturated heterocycles. The number of hydrogen-bond donors (Lipinski definition) is 0. The number of benzene rings is 3.